The van der Waals surface area contributed by atoms with E-state index in [2.05, 4.69) is 15.7 Å². The highest BCUT2D eigenvalue weighted by Gasteiger charge is 2.21. The summed E-state index contributed by atoms with van der Waals surface area (Å²) < 4.78 is 9.45. The fourth-order valence-corrected chi connectivity index (χ4v) is 1.39. The van der Waals surface area contributed by atoms with Crippen LogP contribution < -0.4 is 11.0 Å². The average molecular weight is 231 g/mol. The molecule has 1 atom stereocenters. The van der Waals surface area contributed by atoms with Crippen molar-refractivity contribution in [1.29, 1.82) is 0 Å². The summed E-state index contributed by atoms with van der Waals surface area (Å²) in [5, 5.41) is 1.95. The van der Waals surface area contributed by atoms with Crippen LogP contribution in [0.1, 0.15) is 13.3 Å². The van der Waals surface area contributed by atoms with Gasteiger partial charge in [-0.3, -0.25) is 9.59 Å². The van der Waals surface area contributed by atoms with Crippen LogP contribution in [0.15, 0.2) is 0 Å². The van der Waals surface area contributed by atoms with Gasteiger partial charge in [-0.05, 0) is 6.42 Å². The molecule has 0 aliphatic carbocycles. The zero-order chi connectivity index (χ0) is 11.8. The maximum atomic E-state index is 10.6. The Morgan fingerprint density at radius 3 is 3.12 bits per heavy atom. The molecule has 1 fully saturated rings. The van der Waals surface area contributed by atoms with Crippen LogP contribution in [-0.2, 0) is 19.1 Å². The first kappa shape index (κ1) is 12.9. The number of esters is 1. The van der Waals surface area contributed by atoms with Gasteiger partial charge in [0, 0.05) is 20.0 Å². The number of hydrogen-bond donors (Lipinski definition) is 2. The van der Waals surface area contributed by atoms with Crippen molar-refractivity contribution in [2.24, 2.45) is 0 Å². The molecule has 1 saturated heterocycles. The van der Waals surface area contributed by atoms with Crippen LogP contribution in [0.3, 0.4) is 0 Å². The molecule has 0 saturated carbocycles. The Morgan fingerprint density at radius 2 is 2.44 bits per heavy atom. The zero-order valence-corrected chi connectivity index (χ0v) is 9.27. The molecule has 1 heterocycles. The van der Waals surface area contributed by atoms with Crippen LogP contribution in [-0.4, -0.2) is 49.8 Å². The van der Waals surface area contributed by atoms with Gasteiger partial charge < -0.3 is 9.47 Å². The van der Waals surface area contributed by atoms with Crippen LogP contribution in [0.25, 0.3) is 0 Å². The van der Waals surface area contributed by atoms with E-state index in [1.165, 1.54) is 6.92 Å². The summed E-state index contributed by atoms with van der Waals surface area (Å²) >= 11 is 0. The Balaban J connectivity index is 2.05. The summed E-state index contributed by atoms with van der Waals surface area (Å²) in [6.45, 7) is 4.10. The largest absolute Gasteiger partial charge is 0.468 e. The number of ether oxygens (including phenoxy) is 2. The van der Waals surface area contributed by atoms with Crippen LogP contribution in [0.4, 0.5) is 0 Å². The molecule has 7 heteroatoms. The minimum absolute atomic E-state index is 0.0934. The predicted molar refractivity (Wildman–Crippen MR) is 54.9 cm³/mol. The van der Waals surface area contributed by atoms with E-state index in [0.29, 0.717) is 19.7 Å². The molecule has 0 spiro atoms. The first-order valence-electron chi connectivity index (χ1n) is 5.17. The fraction of sp³-hybridized carbons (Fsp3) is 0.778. The summed E-state index contributed by atoms with van der Waals surface area (Å²) in [7, 11) is 0. The molecule has 0 bridgehead atoms. The lowest BCUT2D eigenvalue weighted by Crippen LogP contribution is -2.38. The Labute approximate surface area is 94.0 Å². The van der Waals surface area contributed by atoms with Gasteiger partial charge in [-0.1, -0.05) is 0 Å². The number of rotatable bonds is 7. The molecule has 92 valence electrons. The average Bonchev–Trinajstić information content (AvgIpc) is 2.70. The number of nitrogens with one attached hydrogen (secondary N) is 2. The summed E-state index contributed by atoms with van der Waals surface area (Å²) in [6.07, 6.45) is 0.758. The quantitative estimate of drug-likeness (QED) is 0.324. The van der Waals surface area contributed by atoms with Gasteiger partial charge in [-0.25, -0.2) is 10.4 Å². The number of carbonyl (C=O) groups is 2. The molecule has 16 heavy (non-hydrogen) atoms. The van der Waals surface area contributed by atoms with Crippen LogP contribution in [0.2, 0.25) is 0 Å². The van der Waals surface area contributed by atoms with Crippen molar-refractivity contribution < 1.29 is 19.1 Å². The molecule has 1 rings (SSSR count). The normalized spacial score (nSPS) is 20.7. The Morgan fingerprint density at radius 1 is 1.62 bits per heavy atom. The highest BCUT2D eigenvalue weighted by molar-refractivity contribution is 5.65. The minimum Gasteiger partial charge on any atom is -0.468 e. The molecule has 0 amide bonds. The summed E-state index contributed by atoms with van der Waals surface area (Å²) in [4.78, 5) is 20.5. The maximum Gasteiger partial charge on any atom is 0.302 e. The first-order chi connectivity index (χ1) is 7.72. The van der Waals surface area contributed by atoms with Gasteiger partial charge in [0.2, 0.25) is 0 Å². The van der Waals surface area contributed by atoms with Crippen molar-refractivity contribution in [3.8, 4) is 0 Å². The van der Waals surface area contributed by atoms with Crippen LogP contribution in [0.5, 0.6) is 0 Å². The summed E-state index contributed by atoms with van der Waals surface area (Å²) in [5.74, 6) is -0.278. The molecular weight excluding hydrogens is 214 g/mol. The van der Waals surface area contributed by atoms with Gasteiger partial charge >= 0.3 is 5.97 Å². The van der Waals surface area contributed by atoms with Gasteiger partial charge in [0.05, 0.1) is 12.6 Å². The maximum absolute atomic E-state index is 10.6. The fourth-order valence-electron chi connectivity index (χ4n) is 1.39. The molecule has 1 aliphatic rings. The van der Waals surface area contributed by atoms with E-state index in [0.717, 1.165) is 19.5 Å². The smallest absolute Gasteiger partial charge is 0.302 e. The van der Waals surface area contributed by atoms with Crippen LogP contribution in [0, 0.1) is 0 Å². The highest BCUT2D eigenvalue weighted by Crippen LogP contribution is 1.98. The summed E-state index contributed by atoms with van der Waals surface area (Å²) in [5.41, 5.74) is 5.95. The van der Waals surface area contributed by atoms with E-state index in [4.69, 9.17) is 4.74 Å². The van der Waals surface area contributed by atoms with Crippen LogP contribution >= 0.6 is 0 Å². The number of hydrazine groups is 2. The molecule has 0 aromatic heterocycles. The zero-order valence-electron chi connectivity index (χ0n) is 9.27. The molecule has 0 aromatic carbocycles. The van der Waals surface area contributed by atoms with E-state index in [9.17, 15) is 9.59 Å². The molecule has 2 N–H and O–H groups in total. The second kappa shape index (κ2) is 7.15. The molecule has 0 aromatic rings. The van der Waals surface area contributed by atoms with E-state index in [1.54, 1.807) is 0 Å². The van der Waals surface area contributed by atoms with Crippen molar-refractivity contribution in [3.63, 3.8) is 0 Å². The van der Waals surface area contributed by atoms with Crippen molar-refractivity contribution in [3.05, 3.63) is 0 Å². The Bertz CT molecular complexity index is 237. The van der Waals surface area contributed by atoms with E-state index >= 15 is 0 Å². The first-order valence-corrected chi connectivity index (χ1v) is 5.17. The van der Waals surface area contributed by atoms with E-state index < -0.39 is 0 Å². The molecule has 1 aliphatic heterocycles. The Kier molecular flexibility index (Phi) is 5.76. The van der Waals surface area contributed by atoms with Gasteiger partial charge in [0.15, 0.2) is 0 Å². The monoisotopic (exact) mass is 231 g/mol. The third-order valence-electron chi connectivity index (χ3n) is 2.11. The highest BCUT2D eigenvalue weighted by atomic mass is 16.5. The van der Waals surface area contributed by atoms with Crippen molar-refractivity contribution >= 4 is 12.4 Å². The van der Waals surface area contributed by atoms with E-state index in [-0.39, 0.29) is 12.0 Å². The van der Waals surface area contributed by atoms with Crippen molar-refractivity contribution in [2.75, 3.05) is 26.3 Å². The van der Waals surface area contributed by atoms with Gasteiger partial charge in [-0.15, -0.1) is 0 Å². The minimum atomic E-state index is -0.278. The topological polar surface area (TPSA) is 79.9 Å². The lowest BCUT2D eigenvalue weighted by Gasteiger charge is -2.13. The summed E-state index contributed by atoms with van der Waals surface area (Å²) in [6, 6.07) is 0.0934. The van der Waals surface area contributed by atoms with Gasteiger partial charge in [-0.2, -0.15) is 5.53 Å². The SMILES string of the molecule is CC(=O)OCC1CN(CCCOC=O)NN1. The molecule has 7 nitrogen and oxygen atoms in total. The van der Waals surface area contributed by atoms with Gasteiger partial charge in [0.25, 0.3) is 6.47 Å². The molecule has 0 radical (unpaired) electrons. The lowest BCUT2D eigenvalue weighted by atomic mass is 10.3. The number of carbonyl (C=O) groups excluding carboxylic acids is 2. The standard InChI is InChI=1S/C9H17N3O4/c1-8(14)16-6-9-5-12(11-10-9)3-2-4-15-7-13/h7,9-11H,2-6H2,1H3. The molecule has 1 unspecified atom stereocenters. The van der Waals surface area contributed by atoms with Crippen molar-refractivity contribution in [2.45, 2.75) is 19.4 Å². The number of hydrogen-bond acceptors (Lipinski definition) is 7. The second-order valence-corrected chi connectivity index (χ2v) is 3.52. The number of nitrogens with zero attached hydrogens (tertiary/aromatic N) is 1. The van der Waals surface area contributed by atoms with Crippen molar-refractivity contribution in [1.82, 2.24) is 16.0 Å². The lowest BCUT2D eigenvalue weighted by molar-refractivity contribution is -0.141. The van der Waals surface area contributed by atoms with Gasteiger partial charge in [0.1, 0.15) is 6.61 Å². The molecular formula is C9H17N3O4. The second-order valence-electron chi connectivity index (χ2n) is 3.52. The van der Waals surface area contributed by atoms with E-state index in [1.807, 2.05) is 5.01 Å². The Hall–Kier alpha value is -1.18. The predicted octanol–water partition coefficient (Wildman–Crippen LogP) is -1.19. The third-order valence-corrected chi connectivity index (χ3v) is 2.11. The third kappa shape index (κ3) is 5.06.